The predicted molar refractivity (Wildman–Crippen MR) is 118 cm³/mol. The molecule has 1 N–H and O–H groups in total. The first kappa shape index (κ1) is 21.6. The standard InChI is InChI=1S/C21H14Br2N2O5/c1-3-8-30-18-16(22)10-12(11-17(18)23)9-15-19(26)24-21(28)25(20(15)27)13-4-6-14(29-2)7-5-13/h1,4-7,9-11H,8H2,2H3,(H,24,26,28)/b15-9+. The number of halogens is 2. The number of carbonyl (C=O) groups excluding carboxylic acids is 3. The van der Waals surface area contributed by atoms with Crippen LogP contribution in [0.4, 0.5) is 10.5 Å². The smallest absolute Gasteiger partial charge is 0.335 e. The number of benzene rings is 2. The zero-order valence-corrected chi connectivity index (χ0v) is 18.7. The fraction of sp³-hybridized carbons (Fsp3) is 0.0952. The fourth-order valence-corrected chi connectivity index (χ4v) is 4.16. The predicted octanol–water partition coefficient (Wildman–Crippen LogP) is 3.90. The summed E-state index contributed by atoms with van der Waals surface area (Å²) in [5.41, 5.74) is 0.642. The van der Waals surface area contributed by atoms with Gasteiger partial charge in [0, 0.05) is 0 Å². The molecule has 0 aliphatic carbocycles. The molecule has 1 saturated heterocycles. The monoisotopic (exact) mass is 532 g/mol. The quantitative estimate of drug-likeness (QED) is 0.358. The Morgan fingerprint density at radius 1 is 1.13 bits per heavy atom. The molecule has 7 nitrogen and oxygen atoms in total. The lowest BCUT2D eigenvalue weighted by Gasteiger charge is -2.26. The number of ether oxygens (including phenoxy) is 2. The van der Waals surface area contributed by atoms with Crippen LogP contribution in [0.15, 0.2) is 50.9 Å². The van der Waals surface area contributed by atoms with Crippen molar-refractivity contribution in [3.05, 3.63) is 56.5 Å². The van der Waals surface area contributed by atoms with Crippen LogP contribution >= 0.6 is 31.9 Å². The third-order valence-corrected chi connectivity index (χ3v) is 5.24. The Balaban J connectivity index is 1.97. The van der Waals surface area contributed by atoms with Crippen LogP contribution in [-0.4, -0.2) is 31.6 Å². The van der Waals surface area contributed by atoms with Gasteiger partial charge in [0.1, 0.15) is 23.7 Å². The molecule has 3 rings (SSSR count). The minimum absolute atomic E-state index is 0.0808. The fourth-order valence-electron chi connectivity index (χ4n) is 2.70. The van der Waals surface area contributed by atoms with Crippen molar-refractivity contribution in [2.75, 3.05) is 18.6 Å². The summed E-state index contributed by atoms with van der Waals surface area (Å²) in [6.07, 6.45) is 6.60. The highest BCUT2D eigenvalue weighted by molar-refractivity contribution is 9.11. The maximum atomic E-state index is 13.0. The molecule has 0 saturated carbocycles. The summed E-state index contributed by atoms with van der Waals surface area (Å²) in [5.74, 6) is 1.91. The Morgan fingerprint density at radius 2 is 1.77 bits per heavy atom. The molecule has 152 valence electrons. The van der Waals surface area contributed by atoms with E-state index in [2.05, 4.69) is 43.1 Å². The molecule has 0 radical (unpaired) electrons. The highest BCUT2D eigenvalue weighted by Crippen LogP contribution is 2.35. The van der Waals surface area contributed by atoms with E-state index in [0.717, 1.165) is 4.90 Å². The van der Waals surface area contributed by atoms with E-state index >= 15 is 0 Å². The first-order chi connectivity index (χ1) is 14.3. The van der Waals surface area contributed by atoms with Crippen molar-refractivity contribution in [3.8, 4) is 23.8 Å². The second-order valence-corrected chi connectivity index (χ2v) is 7.67. The van der Waals surface area contributed by atoms with Crippen LogP contribution in [0.2, 0.25) is 0 Å². The van der Waals surface area contributed by atoms with E-state index < -0.39 is 17.8 Å². The molecule has 0 aromatic heterocycles. The molecule has 9 heteroatoms. The van der Waals surface area contributed by atoms with E-state index in [1.807, 2.05) is 0 Å². The zero-order valence-electron chi connectivity index (χ0n) is 15.6. The molecule has 1 fully saturated rings. The van der Waals surface area contributed by atoms with Gasteiger partial charge in [0.25, 0.3) is 11.8 Å². The van der Waals surface area contributed by atoms with Crippen molar-refractivity contribution in [3.63, 3.8) is 0 Å². The highest BCUT2D eigenvalue weighted by Gasteiger charge is 2.36. The van der Waals surface area contributed by atoms with Gasteiger partial charge in [-0.15, -0.1) is 6.42 Å². The van der Waals surface area contributed by atoms with Crippen LogP contribution < -0.4 is 19.7 Å². The number of hydrogen-bond acceptors (Lipinski definition) is 5. The van der Waals surface area contributed by atoms with Crippen LogP contribution in [0.3, 0.4) is 0 Å². The highest BCUT2D eigenvalue weighted by atomic mass is 79.9. The molecular weight excluding hydrogens is 520 g/mol. The Labute approximate surface area is 189 Å². The van der Waals surface area contributed by atoms with Crippen LogP contribution in [-0.2, 0) is 9.59 Å². The number of nitrogens with one attached hydrogen (secondary N) is 1. The van der Waals surface area contributed by atoms with Crippen LogP contribution in [0.5, 0.6) is 11.5 Å². The third kappa shape index (κ3) is 4.40. The number of rotatable bonds is 5. The SMILES string of the molecule is C#CCOc1c(Br)cc(/C=C2\C(=O)NC(=O)N(c3ccc(OC)cc3)C2=O)cc1Br. The molecule has 0 bridgehead atoms. The van der Waals surface area contributed by atoms with E-state index in [9.17, 15) is 14.4 Å². The van der Waals surface area contributed by atoms with E-state index in [0.29, 0.717) is 31.7 Å². The lowest BCUT2D eigenvalue weighted by molar-refractivity contribution is -0.122. The maximum absolute atomic E-state index is 13.0. The number of amides is 4. The Hall–Kier alpha value is -3.09. The van der Waals surface area contributed by atoms with Crippen molar-refractivity contribution < 1.29 is 23.9 Å². The lowest BCUT2D eigenvalue weighted by atomic mass is 10.1. The van der Waals surface area contributed by atoms with E-state index in [1.165, 1.54) is 13.2 Å². The molecule has 0 atom stereocenters. The Morgan fingerprint density at radius 3 is 2.33 bits per heavy atom. The third-order valence-electron chi connectivity index (χ3n) is 4.06. The minimum Gasteiger partial charge on any atom is -0.497 e. The first-order valence-electron chi connectivity index (χ1n) is 8.46. The summed E-state index contributed by atoms with van der Waals surface area (Å²) >= 11 is 6.76. The number of anilines is 1. The van der Waals surface area contributed by atoms with Gasteiger partial charge in [-0.25, -0.2) is 9.69 Å². The normalized spacial score (nSPS) is 15.1. The maximum Gasteiger partial charge on any atom is 0.335 e. The van der Waals surface area contributed by atoms with Crippen LogP contribution in [0.1, 0.15) is 5.56 Å². The summed E-state index contributed by atoms with van der Waals surface area (Å²) < 4.78 is 11.7. The van der Waals surface area contributed by atoms with Crippen molar-refractivity contribution in [2.45, 2.75) is 0 Å². The summed E-state index contributed by atoms with van der Waals surface area (Å²) in [6.45, 7) is 0.0808. The van der Waals surface area contributed by atoms with Crippen LogP contribution in [0.25, 0.3) is 6.08 Å². The number of terminal acetylenes is 1. The number of urea groups is 1. The average Bonchev–Trinajstić information content (AvgIpc) is 2.71. The second kappa shape index (κ2) is 9.15. The molecule has 0 spiro atoms. The van der Waals surface area contributed by atoms with E-state index in [-0.39, 0.29) is 12.2 Å². The molecule has 0 unspecified atom stereocenters. The van der Waals surface area contributed by atoms with Gasteiger partial charge in [-0.3, -0.25) is 14.9 Å². The number of hydrogen-bond donors (Lipinski definition) is 1. The summed E-state index contributed by atoms with van der Waals surface area (Å²) in [5, 5.41) is 2.18. The number of imide groups is 2. The molecular formula is C21H14Br2N2O5. The van der Waals surface area contributed by atoms with Crippen molar-refractivity contribution >= 4 is 61.5 Å². The molecule has 1 heterocycles. The Kier molecular flexibility index (Phi) is 6.59. The second-order valence-electron chi connectivity index (χ2n) is 5.96. The largest absolute Gasteiger partial charge is 0.497 e. The van der Waals surface area contributed by atoms with Crippen molar-refractivity contribution in [1.82, 2.24) is 5.32 Å². The number of methoxy groups -OCH3 is 1. The van der Waals surface area contributed by atoms with Crippen molar-refractivity contribution in [2.24, 2.45) is 0 Å². The van der Waals surface area contributed by atoms with Crippen molar-refractivity contribution in [1.29, 1.82) is 0 Å². The first-order valence-corrected chi connectivity index (χ1v) is 10.0. The van der Waals surface area contributed by atoms with Gasteiger partial charge in [-0.2, -0.15) is 0 Å². The van der Waals surface area contributed by atoms with Gasteiger partial charge in [-0.1, -0.05) is 5.92 Å². The van der Waals surface area contributed by atoms with E-state index in [1.54, 1.807) is 36.4 Å². The Bertz CT molecular complexity index is 1080. The molecule has 2 aromatic rings. The molecule has 4 amide bonds. The molecule has 1 aliphatic heterocycles. The van der Waals surface area contributed by atoms with Gasteiger partial charge in [0.05, 0.1) is 21.7 Å². The number of barbiturate groups is 1. The summed E-state index contributed by atoms with van der Waals surface area (Å²) in [7, 11) is 1.51. The summed E-state index contributed by atoms with van der Waals surface area (Å²) in [6, 6.07) is 8.82. The van der Waals surface area contributed by atoms with Gasteiger partial charge < -0.3 is 9.47 Å². The summed E-state index contributed by atoms with van der Waals surface area (Å²) in [4.78, 5) is 38.5. The van der Waals surface area contributed by atoms with Crippen LogP contribution in [0, 0.1) is 12.3 Å². The van der Waals surface area contributed by atoms with Gasteiger partial charge >= 0.3 is 6.03 Å². The van der Waals surface area contributed by atoms with E-state index in [4.69, 9.17) is 15.9 Å². The molecule has 30 heavy (non-hydrogen) atoms. The molecule has 2 aromatic carbocycles. The minimum atomic E-state index is -0.826. The van der Waals surface area contributed by atoms with Gasteiger partial charge in [0.2, 0.25) is 0 Å². The molecule has 1 aliphatic rings. The topological polar surface area (TPSA) is 84.9 Å². The number of carbonyl (C=O) groups is 3. The number of nitrogens with zero attached hydrogens (tertiary/aromatic N) is 1. The average molecular weight is 534 g/mol. The zero-order chi connectivity index (χ0) is 21.8. The van der Waals surface area contributed by atoms with Gasteiger partial charge in [-0.05, 0) is 79.9 Å². The lowest BCUT2D eigenvalue weighted by Crippen LogP contribution is -2.54. The van der Waals surface area contributed by atoms with Gasteiger partial charge in [0.15, 0.2) is 0 Å².